The fraction of sp³-hybridized carbons (Fsp3) is 0. The van der Waals surface area contributed by atoms with Crippen molar-refractivity contribution in [2.75, 3.05) is 0 Å². The quantitative estimate of drug-likeness (QED) is 0.131. The molecule has 11 aromatic rings. The molecule has 0 atom stereocenters. The van der Waals surface area contributed by atoms with E-state index in [1.807, 2.05) is 17.4 Å². The molecule has 55 heavy (non-hydrogen) atoms. The van der Waals surface area contributed by atoms with Gasteiger partial charge in [0.1, 0.15) is 0 Å². The molecule has 3 nitrogen and oxygen atoms in total. The highest BCUT2D eigenvalue weighted by Crippen LogP contribution is 2.40. The van der Waals surface area contributed by atoms with E-state index in [2.05, 4.69) is 182 Å². The Hall–Kier alpha value is -7.01. The molecular formula is C51H31N3S. The molecule has 4 heteroatoms. The molecule has 0 fully saturated rings. The predicted molar refractivity (Wildman–Crippen MR) is 232 cm³/mol. The van der Waals surface area contributed by atoms with Crippen molar-refractivity contribution in [2.45, 2.75) is 0 Å². The van der Waals surface area contributed by atoms with E-state index in [-0.39, 0.29) is 0 Å². The standard InChI is InChI=1S/C51H31N3S/c1-2-10-32(11-3-1)33-18-22-36(23-19-33)49-52-50(54-51(53-49)39-27-29-47-45(31-39)42-16-8-9-17-46(42)55-47)37-24-20-35(21-25-37)48-41-15-7-5-13-38(41)30-44-40-14-6-4-12-34(40)26-28-43(44)48/h1-31H. The highest BCUT2D eigenvalue weighted by Gasteiger charge is 2.16. The Morgan fingerprint density at radius 2 is 0.800 bits per heavy atom. The summed E-state index contributed by atoms with van der Waals surface area (Å²) in [6.07, 6.45) is 0. The maximum atomic E-state index is 5.15. The second-order valence-corrected chi connectivity index (χ2v) is 15.1. The van der Waals surface area contributed by atoms with Crippen LogP contribution < -0.4 is 0 Å². The molecule has 9 aromatic carbocycles. The van der Waals surface area contributed by atoms with Gasteiger partial charge in [-0.15, -0.1) is 11.3 Å². The molecule has 11 rings (SSSR count). The summed E-state index contributed by atoms with van der Waals surface area (Å²) in [5.74, 6) is 1.94. The van der Waals surface area contributed by atoms with E-state index in [0.717, 1.165) is 27.8 Å². The summed E-state index contributed by atoms with van der Waals surface area (Å²) in [5.41, 5.74) is 7.56. The van der Waals surface area contributed by atoms with E-state index in [1.165, 1.54) is 63.6 Å². The molecule has 0 bridgehead atoms. The van der Waals surface area contributed by atoms with Crippen molar-refractivity contribution in [2.24, 2.45) is 0 Å². The van der Waals surface area contributed by atoms with Crippen molar-refractivity contribution in [1.82, 2.24) is 15.0 Å². The predicted octanol–water partition coefficient (Wildman–Crippen LogP) is 14.0. The summed E-state index contributed by atoms with van der Waals surface area (Å²) in [6, 6.07) is 67.0. The zero-order valence-corrected chi connectivity index (χ0v) is 30.5. The fourth-order valence-electron chi connectivity index (χ4n) is 7.99. The van der Waals surface area contributed by atoms with Gasteiger partial charge in [-0.3, -0.25) is 0 Å². The van der Waals surface area contributed by atoms with Gasteiger partial charge in [0.25, 0.3) is 0 Å². The van der Waals surface area contributed by atoms with Gasteiger partial charge in [-0.1, -0.05) is 158 Å². The Morgan fingerprint density at radius 3 is 1.55 bits per heavy atom. The maximum Gasteiger partial charge on any atom is 0.164 e. The molecule has 0 amide bonds. The molecule has 0 radical (unpaired) electrons. The highest BCUT2D eigenvalue weighted by molar-refractivity contribution is 7.25. The van der Waals surface area contributed by atoms with Crippen molar-refractivity contribution in [3.8, 4) is 56.4 Å². The van der Waals surface area contributed by atoms with Gasteiger partial charge in [0.2, 0.25) is 0 Å². The Bertz CT molecular complexity index is 3240. The molecule has 0 unspecified atom stereocenters. The van der Waals surface area contributed by atoms with Crippen LogP contribution in [-0.4, -0.2) is 15.0 Å². The molecule has 0 aliphatic carbocycles. The van der Waals surface area contributed by atoms with Crippen LogP contribution in [0.4, 0.5) is 0 Å². The summed E-state index contributed by atoms with van der Waals surface area (Å²) in [7, 11) is 0. The maximum absolute atomic E-state index is 5.15. The normalized spacial score (nSPS) is 11.6. The van der Waals surface area contributed by atoms with Crippen molar-refractivity contribution in [1.29, 1.82) is 0 Å². The molecular weight excluding hydrogens is 687 g/mol. The van der Waals surface area contributed by atoms with E-state index < -0.39 is 0 Å². The van der Waals surface area contributed by atoms with Crippen LogP contribution in [0.15, 0.2) is 188 Å². The average molecular weight is 718 g/mol. The lowest BCUT2D eigenvalue weighted by molar-refractivity contribution is 1.07. The Labute approximate surface area is 321 Å². The van der Waals surface area contributed by atoms with E-state index in [0.29, 0.717) is 17.5 Å². The minimum atomic E-state index is 0.641. The monoisotopic (exact) mass is 717 g/mol. The number of fused-ring (bicyclic) bond motifs is 7. The fourth-order valence-corrected chi connectivity index (χ4v) is 9.07. The van der Waals surface area contributed by atoms with Gasteiger partial charge >= 0.3 is 0 Å². The van der Waals surface area contributed by atoms with Gasteiger partial charge in [-0.25, -0.2) is 15.0 Å². The number of nitrogens with zero attached hydrogens (tertiary/aromatic N) is 3. The Morgan fingerprint density at radius 1 is 0.273 bits per heavy atom. The van der Waals surface area contributed by atoms with Gasteiger partial charge in [0.05, 0.1) is 0 Å². The van der Waals surface area contributed by atoms with Crippen LogP contribution in [0.1, 0.15) is 0 Å². The summed E-state index contributed by atoms with van der Waals surface area (Å²) in [4.78, 5) is 15.4. The van der Waals surface area contributed by atoms with Crippen LogP contribution in [0.25, 0.3) is 109 Å². The molecule has 256 valence electrons. The Kier molecular flexibility index (Phi) is 7.35. The summed E-state index contributed by atoms with van der Waals surface area (Å²) >= 11 is 1.81. The first-order valence-corrected chi connectivity index (χ1v) is 19.3. The first-order chi connectivity index (χ1) is 27.2. The second-order valence-electron chi connectivity index (χ2n) is 14.0. The van der Waals surface area contributed by atoms with Crippen molar-refractivity contribution >= 4 is 63.8 Å². The number of thiophene rings is 1. The van der Waals surface area contributed by atoms with Gasteiger partial charge in [0, 0.05) is 36.9 Å². The summed E-state index contributed by atoms with van der Waals surface area (Å²) in [6.45, 7) is 0. The van der Waals surface area contributed by atoms with Gasteiger partial charge in [-0.2, -0.15) is 0 Å². The van der Waals surface area contributed by atoms with Crippen LogP contribution in [0.2, 0.25) is 0 Å². The second kappa shape index (κ2) is 12.8. The Balaban J connectivity index is 1.06. The largest absolute Gasteiger partial charge is 0.208 e. The molecule has 0 saturated heterocycles. The van der Waals surface area contributed by atoms with E-state index in [4.69, 9.17) is 15.0 Å². The van der Waals surface area contributed by atoms with E-state index >= 15 is 0 Å². The topological polar surface area (TPSA) is 38.7 Å². The van der Waals surface area contributed by atoms with Crippen LogP contribution in [-0.2, 0) is 0 Å². The average Bonchev–Trinajstić information content (AvgIpc) is 3.64. The van der Waals surface area contributed by atoms with Crippen LogP contribution in [0, 0.1) is 0 Å². The van der Waals surface area contributed by atoms with Crippen LogP contribution in [0.5, 0.6) is 0 Å². The molecule has 0 saturated carbocycles. The van der Waals surface area contributed by atoms with Gasteiger partial charge in [0.15, 0.2) is 17.5 Å². The molecule has 0 aliphatic heterocycles. The molecule has 2 aromatic heterocycles. The van der Waals surface area contributed by atoms with Crippen molar-refractivity contribution < 1.29 is 0 Å². The van der Waals surface area contributed by atoms with Gasteiger partial charge in [-0.05, 0) is 84.9 Å². The first kappa shape index (κ1) is 31.5. The number of rotatable bonds is 5. The number of aromatic nitrogens is 3. The number of hydrogen-bond acceptors (Lipinski definition) is 4. The zero-order chi connectivity index (χ0) is 36.3. The summed E-state index contributed by atoms with van der Waals surface area (Å²) < 4.78 is 2.53. The van der Waals surface area contributed by atoms with Crippen LogP contribution in [0.3, 0.4) is 0 Å². The smallest absolute Gasteiger partial charge is 0.164 e. The minimum Gasteiger partial charge on any atom is -0.208 e. The van der Waals surface area contributed by atoms with Crippen molar-refractivity contribution in [3.63, 3.8) is 0 Å². The first-order valence-electron chi connectivity index (χ1n) is 18.5. The molecule has 0 N–H and O–H groups in total. The third kappa shape index (κ3) is 5.46. The SMILES string of the molecule is c1ccc(-c2ccc(-c3nc(-c4ccc(-c5c6ccccc6cc6c5ccc5ccccc56)cc4)nc(-c4ccc5sc6ccccc6c5c4)n3)cc2)cc1. The van der Waals surface area contributed by atoms with Crippen LogP contribution >= 0.6 is 11.3 Å². The molecule has 2 heterocycles. The number of hydrogen-bond donors (Lipinski definition) is 0. The molecule has 0 spiro atoms. The third-order valence-corrected chi connectivity index (χ3v) is 11.9. The lowest BCUT2D eigenvalue weighted by Gasteiger charge is -2.14. The lowest BCUT2D eigenvalue weighted by Crippen LogP contribution is -2.00. The summed E-state index contributed by atoms with van der Waals surface area (Å²) in [5, 5.41) is 9.94. The number of benzene rings is 9. The molecule has 0 aliphatic rings. The van der Waals surface area contributed by atoms with Crippen molar-refractivity contribution in [3.05, 3.63) is 188 Å². The lowest BCUT2D eigenvalue weighted by atomic mass is 9.89. The minimum absolute atomic E-state index is 0.641. The van der Waals surface area contributed by atoms with Gasteiger partial charge < -0.3 is 0 Å². The van der Waals surface area contributed by atoms with E-state index in [1.54, 1.807) is 0 Å². The van der Waals surface area contributed by atoms with E-state index in [9.17, 15) is 0 Å². The zero-order valence-electron chi connectivity index (χ0n) is 29.6. The third-order valence-electron chi connectivity index (χ3n) is 10.7. The highest BCUT2D eigenvalue weighted by atomic mass is 32.1.